The van der Waals surface area contributed by atoms with E-state index >= 15 is 0 Å². The fraction of sp³-hybridized carbons (Fsp3) is 0.708. The number of nitrogens with zero attached hydrogens (tertiary/aromatic N) is 1. The number of carbonyl (C=O) groups is 1. The van der Waals surface area contributed by atoms with Crippen LogP contribution in [0.15, 0.2) is 18.2 Å². The Hall–Kier alpha value is -1.40. The molecule has 1 saturated carbocycles. The van der Waals surface area contributed by atoms with E-state index in [1.54, 1.807) is 0 Å². The Morgan fingerprint density at radius 2 is 1.77 bits per heavy atom. The number of fused-ring (bicyclic) bond motifs is 1. The van der Waals surface area contributed by atoms with Crippen LogP contribution in [-0.2, 0) is 27.5 Å². The molecule has 5 nitrogen and oxygen atoms in total. The van der Waals surface area contributed by atoms with Crippen LogP contribution in [0.25, 0.3) is 0 Å². The van der Waals surface area contributed by atoms with Crippen LogP contribution in [0, 0.1) is 0 Å². The van der Waals surface area contributed by atoms with Gasteiger partial charge in [0, 0.05) is 18.1 Å². The van der Waals surface area contributed by atoms with Gasteiger partial charge in [-0.1, -0.05) is 37.5 Å². The summed E-state index contributed by atoms with van der Waals surface area (Å²) in [6, 6.07) is 6.90. The first kappa shape index (κ1) is 21.8. The molecule has 1 N–H and O–H groups in total. The highest BCUT2D eigenvalue weighted by atomic mass is 32.2. The minimum atomic E-state index is -3.01. The van der Waals surface area contributed by atoms with Crippen molar-refractivity contribution in [2.45, 2.75) is 89.3 Å². The molecule has 30 heavy (non-hydrogen) atoms. The van der Waals surface area contributed by atoms with Crippen LogP contribution in [-0.4, -0.2) is 49.4 Å². The molecular formula is C24H36N2O3S. The first-order valence-electron chi connectivity index (χ1n) is 11.8. The summed E-state index contributed by atoms with van der Waals surface area (Å²) >= 11 is 0. The predicted molar refractivity (Wildman–Crippen MR) is 120 cm³/mol. The summed E-state index contributed by atoms with van der Waals surface area (Å²) in [6.45, 7) is 2.38. The Kier molecular flexibility index (Phi) is 6.83. The molecule has 4 rings (SSSR count). The van der Waals surface area contributed by atoms with Crippen molar-refractivity contribution < 1.29 is 13.2 Å². The van der Waals surface area contributed by atoms with Crippen molar-refractivity contribution in [3.8, 4) is 0 Å². The number of sulfone groups is 1. The van der Waals surface area contributed by atoms with Gasteiger partial charge in [0.25, 0.3) is 0 Å². The molecule has 1 aromatic rings. The Labute approximate surface area is 181 Å². The molecule has 0 spiro atoms. The maximum atomic E-state index is 13.3. The van der Waals surface area contributed by atoms with Gasteiger partial charge in [-0.05, 0) is 68.6 Å². The second-order valence-electron chi connectivity index (χ2n) is 9.49. The minimum absolute atomic E-state index is 0.0637. The van der Waals surface area contributed by atoms with Gasteiger partial charge in [-0.25, -0.2) is 8.42 Å². The Morgan fingerprint density at radius 3 is 2.47 bits per heavy atom. The normalized spacial score (nSPS) is 24.9. The van der Waals surface area contributed by atoms with Gasteiger partial charge < -0.3 is 10.2 Å². The zero-order chi connectivity index (χ0) is 21.1. The molecule has 6 heteroatoms. The lowest BCUT2D eigenvalue weighted by atomic mass is 9.89. The maximum Gasteiger partial charge on any atom is 0.237 e. The van der Waals surface area contributed by atoms with E-state index in [-0.39, 0.29) is 42.1 Å². The van der Waals surface area contributed by atoms with Crippen molar-refractivity contribution in [3.63, 3.8) is 0 Å². The van der Waals surface area contributed by atoms with Crippen LogP contribution in [0.1, 0.15) is 81.0 Å². The quantitative estimate of drug-likeness (QED) is 0.746. The summed E-state index contributed by atoms with van der Waals surface area (Å²) < 4.78 is 24.1. The van der Waals surface area contributed by atoms with Crippen LogP contribution < -0.4 is 5.32 Å². The highest BCUT2D eigenvalue weighted by Gasteiger charge is 2.38. The van der Waals surface area contributed by atoms with Gasteiger partial charge >= 0.3 is 0 Å². The molecule has 2 aliphatic carbocycles. The van der Waals surface area contributed by atoms with Gasteiger partial charge in [0.2, 0.25) is 5.91 Å². The van der Waals surface area contributed by atoms with Crippen LogP contribution in [0.2, 0.25) is 0 Å². The first-order chi connectivity index (χ1) is 14.4. The third-order valence-electron chi connectivity index (χ3n) is 7.29. The fourth-order valence-electron chi connectivity index (χ4n) is 5.53. The minimum Gasteiger partial charge on any atom is -0.335 e. The lowest BCUT2D eigenvalue weighted by molar-refractivity contribution is -0.135. The first-order valence-corrected chi connectivity index (χ1v) is 13.6. The van der Waals surface area contributed by atoms with E-state index in [2.05, 4.69) is 30.4 Å². The summed E-state index contributed by atoms with van der Waals surface area (Å²) in [6.07, 6.45) is 10.9. The lowest BCUT2D eigenvalue weighted by Crippen LogP contribution is -2.51. The van der Waals surface area contributed by atoms with Crippen molar-refractivity contribution in [2.24, 2.45) is 0 Å². The monoisotopic (exact) mass is 432 g/mol. The van der Waals surface area contributed by atoms with Gasteiger partial charge in [-0.3, -0.25) is 4.79 Å². The molecule has 1 amide bonds. The Morgan fingerprint density at radius 1 is 1.03 bits per heavy atom. The summed E-state index contributed by atoms with van der Waals surface area (Å²) in [7, 11) is -3.01. The SMILES string of the molecule is C[C@@H](NCC(=O)N(C1CCCCC1)[C@@H]1CCS(=O)(=O)C1)c1ccc2c(c1)CCCC2. The molecule has 0 bridgehead atoms. The molecule has 0 radical (unpaired) electrons. The fourth-order valence-corrected chi connectivity index (χ4v) is 7.24. The van der Waals surface area contributed by atoms with Gasteiger partial charge in [0.15, 0.2) is 9.84 Å². The number of nitrogens with one attached hydrogen (secondary N) is 1. The lowest BCUT2D eigenvalue weighted by Gasteiger charge is -2.38. The standard InChI is InChI=1S/C24H36N2O3S/c1-18(20-12-11-19-7-5-6-8-21(19)15-20)25-16-24(27)26(22-9-3-2-4-10-22)23-13-14-30(28,29)17-23/h11-12,15,18,22-23,25H,2-10,13-14,16-17H2,1H3/t18-,23-/m1/s1. The van der Waals surface area contributed by atoms with E-state index in [0.29, 0.717) is 6.42 Å². The molecular weight excluding hydrogens is 396 g/mol. The van der Waals surface area contributed by atoms with Gasteiger partial charge in [0.1, 0.15) is 0 Å². The van der Waals surface area contributed by atoms with Crippen LogP contribution in [0.4, 0.5) is 0 Å². The second kappa shape index (κ2) is 9.39. The van der Waals surface area contributed by atoms with Crippen molar-refractivity contribution in [3.05, 3.63) is 34.9 Å². The Bertz CT molecular complexity index is 861. The van der Waals surface area contributed by atoms with E-state index in [9.17, 15) is 13.2 Å². The number of carbonyl (C=O) groups excluding carboxylic acids is 1. The van der Waals surface area contributed by atoms with Gasteiger partial charge in [0.05, 0.1) is 18.1 Å². The third-order valence-corrected chi connectivity index (χ3v) is 9.04. The molecule has 0 unspecified atom stereocenters. The second-order valence-corrected chi connectivity index (χ2v) is 11.7. The molecule has 1 heterocycles. The molecule has 1 saturated heterocycles. The van der Waals surface area contributed by atoms with E-state index in [1.807, 2.05) is 4.90 Å². The molecule has 1 aromatic carbocycles. The van der Waals surface area contributed by atoms with Crippen molar-refractivity contribution in [1.82, 2.24) is 10.2 Å². The summed E-state index contributed by atoms with van der Waals surface area (Å²) in [4.78, 5) is 15.2. The third kappa shape index (κ3) is 5.08. The van der Waals surface area contributed by atoms with E-state index in [0.717, 1.165) is 32.1 Å². The molecule has 166 valence electrons. The highest BCUT2D eigenvalue weighted by molar-refractivity contribution is 7.91. The van der Waals surface area contributed by atoms with Crippen LogP contribution >= 0.6 is 0 Å². The number of aryl methyl sites for hydroxylation is 2. The smallest absolute Gasteiger partial charge is 0.237 e. The van der Waals surface area contributed by atoms with Crippen molar-refractivity contribution in [2.75, 3.05) is 18.1 Å². The Balaban J connectivity index is 1.41. The summed E-state index contributed by atoms with van der Waals surface area (Å²) in [5, 5.41) is 3.43. The van der Waals surface area contributed by atoms with Crippen LogP contribution in [0.5, 0.6) is 0 Å². The number of rotatable bonds is 6. The molecule has 2 fully saturated rings. The molecule has 2 atom stereocenters. The maximum absolute atomic E-state index is 13.3. The average molecular weight is 433 g/mol. The van der Waals surface area contributed by atoms with E-state index < -0.39 is 9.84 Å². The number of amides is 1. The van der Waals surface area contributed by atoms with Gasteiger partial charge in [-0.2, -0.15) is 0 Å². The zero-order valence-electron chi connectivity index (χ0n) is 18.2. The molecule has 3 aliphatic rings. The van der Waals surface area contributed by atoms with E-state index in [1.165, 1.54) is 42.4 Å². The highest BCUT2D eigenvalue weighted by Crippen LogP contribution is 2.29. The van der Waals surface area contributed by atoms with Gasteiger partial charge in [-0.15, -0.1) is 0 Å². The van der Waals surface area contributed by atoms with E-state index in [4.69, 9.17) is 0 Å². The topological polar surface area (TPSA) is 66.5 Å². The number of benzene rings is 1. The summed E-state index contributed by atoms with van der Waals surface area (Å²) in [5.41, 5.74) is 4.16. The number of hydrogen-bond donors (Lipinski definition) is 1. The summed E-state index contributed by atoms with van der Waals surface area (Å²) in [5.74, 6) is 0.414. The van der Waals surface area contributed by atoms with Crippen LogP contribution in [0.3, 0.4) is 0 Å². The average Bonchev–Trinajstić information content (AvgIpc) is 3.11. The van der Waals surface area contributed by atoms with Crippen molar-refractivity contribution in [1.29, 1.82) is 0 Å². The largest absolute Gasteiger partial charge is 0.335 e. The zero-order valence-corrected chi connectivity index (χ0v) is 19.1. The predicted octanol–water partition coefficient (Wildman–Crippen LogP) is 3.56. The number of hydrogen-bond acceptors (Lipinski definition) is 4. The van der Waals surface area contributed by atoms with Crippen molar-refractivity contribution >= 4 is 15.7 Å². The molecule has 1 aliphatic heterocycles. The molecule has 0 aromatic heterocycles.